The molecule has 0 saturated heterocycles. The summed E-state index contributed by atoms with van der Waals surface area (Å²) in [5.41, 5.74) is 6.02. The molecule has 0 aromatic heterocycles. The molecule has 0 bridgehead atoms. The van der Waals surface area contributed by atoms with Crippen LogP contribution in [0.25, 0.3) is 0 Å². The van der Waals surface area contributed by atoms with Crippen molar-refractivity contribution in [1.29, 1.82) is 0 Å². The summed E-state index contributed by atoms with van der Waals surface area (Å²) in [6.07, 6.45) is 5.27. The first-order chi connectivity index (χ1) is 6.12. The summed E-state index contributed by atoms with van der Waals surface area (Å²) in [7, 11) is 0. The maximum Gasteiger partial charge on any atom is -0.00258 e. The molecule has 0 aromatic rings. The summed E-state index contributed by atoms with van der Waals surface area (Å²) >= 11 is 2.08. The topological polar surface area (TPSA) is 26.0 Å². The third-order valence-corrected chi connectivity index (χ3v) is 3.57. The van der Waals surface area contributed by atoms with Gasteiger partial charge in [-0.15, -0.1) is 0 Å². The third kappa shape index (κ3) is 8.63. The number of unbranched alkanes of at least 4 members (excludes halogenated alkanes) is 1. The second-order valence-electron chi connectivity index (χ2n) is 4.44. The van der Waals surface area contributed by atoms with Crippen LogP contribution in [0.5, 0.6) is 0 Å². The zero-order valence-electron chi connectivity index (χ0n) is 9.44. The molecule has 0 unspecified atom stereocenters. The van der Waals surface area contributed by atoms with Crippen molar-refractivity contribution in [1.82, 2.24) is 0 Å². The average Bonchev–Trinajstić information content (AvgIpc) is 2.11. The van der Waals surface area contributed by atoms with Gasteiger partial charge in [-0.2, -0.15) is 11.8 Å². The Hall–Kier alpha value is 0.310. The van der Waals surface area contributed by atoms with E-state index in [9.17, 15) is 0 Å². The van der Waals surface area contributed by atoms with Gasteiger partial charge in [0, 0.05) is 0 Å². The van der Waals surface area contributed by atoms with Crippen molar-refractivity contribution in [2.45, 2.75) is 46.5 Å². The molecule has 0 radical (unpaired) electrons. The minimum atomic E-state index is 0.357. The predicted octanol–water partition coefficient (Wildman–Crippen LogP) is 3.28. The maximum absolute atomic E-state index is 5.66. The molecule has 0 aliphatic rings. The molecule has 0 saturated carbocycles. The number of nitrogens with two attached hydrogens (primary N) is 1. The monoisotopic (exact) mass is 203 g/mol. The molecule has 13 heavy (non-hydrogen) atoms. The van der Waals surface area contributed by atoms with Crippen molar-refractivity contribution in [2.24, 2.45) is 11.1 Å². The van der Waals surface area contributed by atoms with Gasteiger partial charge in [0.2, 0.25) is 0 Å². The molecule has 0 aromatic carbocycles. The molecule has 0 aliphatic heterocycles. The van der Waals surface area contributed by atoms with Crippen LogP contribution < -0.4 is 5.73 Å². The average molecular weight is 203 g/mol. The summed E-state index contributed by atoms with van der Waals surface area (Å²) in [4.78, 5) is 0. The number of thioether (sulfide) groups is 1. The molecule has 2 N–H and O–H groups in total. The van der Waals surface area contributed by atoms with Crippen molar-refractivity contribution in [3.05, 3.63) is 0 Å². The molecule has 0 atom stereocenters. The molecule has 0 aliphatic carbocycles. The van der Waals surface area contributed by atoms with E-state index < -0.39 is 0 Å². The van der Waals surface area contributed by atoms with Crippen LogP contribution in [0.15, 0.2) is 0 Å². The third-order valence-electron chi connectivity index (χ3n) is 2.29. The Morgan fingerprint density at radius 3 is 2.38 bits per heavy atom. The van der Waals surface area contributed by atoms with Crippen LogP contribution in [-0.2, 0) is 0 Å². The first kappa shape index (κ1) is 13.3. The Labute approximate surface area is 87.9 Å². The van der Waals surface area contributed by atoms with E-state index in [0.717, 1.165) is 6.54 Å². The Morgan fingerprint density at radius 1 is 1.15 bits per heavy atom. The fourth-order valence-electron chi connectivity index (χ4n) is 1.16. The Morgan fingerprint density at radius 2 is 1.85 bits per heavy atom. The van der Waals surface area contributed by atoms with Gasteiger partial charge in [0.1, 0.15) is 0 Å². The van der Waals surface area contributed by atoms with Crippen LogP contribution in [-0.4, -0.2) is 18.1 Å². The van der Waals surface area contributed by atoms with Gasteiger partial charge in [-0.25, -0.2) is 0 Å². The Kier molecular flexibility index (Phi) is 7.87. The fourth-order valence-corrected chi connectivity index (χ4v) is 2.06. The van der Waals surface area contributed by atoms with Gasteiger partial charge < -0.3 is 5.73 Å². The highest BCUT2D eigenvalue weighted by Crippen LogP contribution is 2.21. The van der Waals surface area contributed by atoms with Crippen LogP contribution in [0.1, 0.15) is 46.5 Å². The second-order valence-corrected chi connectivity index (χ2v) is 5.66. The van der Waals surface area contributed by atoms with Gasteiger partial charge in [-0.05, 0) is 42.7 Å². The molecular weight excluding hydrogens is 178 g/mol. The number of hydrogen-bond donors (Lipinski definition) is 1. The number of rotatable bonds is 8. The molecule has 1 nitrogen and oxygen atoms in total. The summed E-state index contributed by atoms with van der Waals surface area (Å²) in [6.45, 7) is 7.57. The molecule has 0 heterocycles. The van der Waals surface area contributed by atoms with E-state index in [1.807, 2.05) is 0 Å². The van der Waals surface area contributed by atoms with E-state index in [2.05, 4.69) is 32.5 Å². The first-order valence-electron chi connectivity index (χ1n) is 5.40. The fraction of sp³-hybridized carbons (Fsp3) is 1.00. The normalized spacial score (nSPS) is 12.0. The van der Waals surface area contributed by atoms with E-state index in [1.54, 1.807) is 0 Å². The van der Waals surface area contributed by atoms with E-state index in [0.29, 0.717) is 5.41 Å². The maximum atomic E-state index is 5.66. The molecule has 2 heteroatoms. The van der Waals surface area contributed by atoms with Crippen molar-refractivity contribution < 1.29 is 0 Å². The summed E-state index contributed by atoms with van der Waals surface area (Å²) in [5, 5.41) is 0. The van der Waals surface area contributed by atoms with Gasteiger partial charge in [0.15, 0.2) is 0 Å². The number of hydrogen-bond acceptors (Lipinski definition) is 2. The standard InChI is InChI=1S/C11H25NS/c1-4-8-13-9-6-5-7-11(2,3)10-12/h4-10,12H2,1-3H3. The zero-order valence-corrected chi connectivity index (χ0v) is 10.3. The van der Waals surface area contributed by atoms with Crippen molar-refractivity contribution in [3.63, 3.8) is 0 Å². The molecule has 0 spiro atoms. The van der Waals surface area contributed by atoms with Crippen LogP contribution >= 0.6 is 11.8 Å². The SMILES string of the molecule is CCCSCCCCC(C)(C)CN. The van der Waals surface area contributed by atoms with Crippen LogP contribution in [0.2, 0.25) is 0 Å². The zero-order chi connectivity index (χ0) is 10.2. The lowest BCUT2D eigenvalue weighted by atomic mass is 9.88. The summed E-state index contributed by atoms with van der Waals surface area (Å²) < 4.78 is 0. The van der Waals surface area contributed by atoms with Crippen molar-refractivity contribution in [3.8, 4) is 0 Å². The van der Waals surface area contributed by atoms with Crippen LogP contribution in [0.3, 0.4) is 0 Å². The van der Waals surface area contributed by atoms with E-state index in [1.165, 1.54) is 37.2 Å². The minimum absolute atomic E-state index is 0.357. The van der Waals surface area contributed by atoms with Crippen molar-refractivity contribution in [2.75, 3.05) is 18.1 Å². The molecule has 0 rings (SSSR count). The first-order valence-corrected chi connectivity index (χ1v) is 6.55. The summed E-state index contributed by atoms with van der Waals surface area (Å²) in [5.74, 6) is 2.65. The highest BCUT2D eigenvalue weighted by Gasteiger charge is 2.13. The van der Waals surface area contributed by atoms with Gasteiger partial charge in [-0.3, -0.25) is 0 Å². The molecular formula is C11H25NS. The lowest BCUT2D eigenvalue weighted by molar-refractivity contribution is 0.336. The Balaban J connectivity index is 3.16. The Bertz CT molecular complexity index is 113. The molecule has 80 valence electrons. The smallest absolute Gasteiger partial charge is 0.00258 e. The minimum Gasteiger partial charge on any atom is -0.330 e. The lowest BCUT2D eigenvalue weighted by Crippen LogP contribution is -2.23. The van der Waals surface area contributed by atoms with Gasteiger partial charge >= 0.3 is 0 Å². The van der Waals surface area contributed by atoms with Gasteiger partial charge in [0.25, 0.3) is 0 Å². The highest BCUT2D eigenvalue weighted by atomic mass is 32.2. The van der Waals surface area contributed by atoms with E-state index >= 15 is 0 Å². The van der Waals surface area contributed by atoms with Crippen LogP contribution in [0.4, 0.5) is 0 Å². The molecule has 0 fully saturated rings. The van der Waals surface area contributed by atoms with Crippen molar-refractivity contribution >= 4 is 11.8 Å². The van der Waals surface area contributed by atoms with E-state index in [4.69, 9.17) is 5.73 Å². The lowest BCUT2D eigenvalue weighted by Gasteiger charge is -2.21. The molecule has 0 amide bonds. The second kappa shape index (κ2) is 7.69. The quantitative estimate of drug-likeness (QED) is 0.613. The van der Waals surface area contributed by atoms with Gasteiger partial charge in [0.05, 0.1) is 0 Å². The van der Waals surface area contributed by atoms with E-state index in [-0.39, 0.29) is 0 Å². The highest BCUT2D eigenvalue weighted by molar-refractivity contribution is 7.99. The predicted molar refractivity (Wildman–Crippen MR) is 64.3 cm³/mol. The summed E-state index contributed by atoms with van der Waals surface area (Å²) in [6, 6.07) is 0. The largest absolute Gasteiger partial charge is 0.330 e. The van der Waals surface area contributed by atoms with Crippen LogP contribution in [0, 0.1) is 5.41 Å². The van der Waals surface area contributed by atoms with Gasteiger partial charge in [-0.1, -0.05) is 27.2 Å².